The SMILES string of the molecule is COc1ccc(CCN(C)CCCC2=CC(=O)CC=C2S(=O)(=O)c2c(C(C)C)cn3ccccc23)cc1OC. The molecule has 0 saturated carbocycles. The van der Waals surface area contributed by atoms with Crippen molar-refractivity contribution in [2.24, 2.45) is 0 Å². The highest BCUT2D eigenvalue weighted by Crippen LogP contribution is 2.38. The van der Waals surface area contributed by atoms with Crippen molar-refractivity contribution in [3.63, 3.8) is 0 Å². The van der Waals surface area contributed by atoms with Crippen LogP contribution in [0.3, 0.4) is 0 Å². The lowest BCUT2D eigenvalue weighted by molar-refractivity contribution is -0.114. The Kier molecular flexibility index (Phi) is 8.97. The highest BCUT2D eigenvalue weighted by Gasteiger charge is 2.32. The molecule has 2 heterocycles. The predicted molar refractivity (Wildman–Crippen MR) is 154 cm³/mol. The molecule has 0 atom stereocenters. The molecule has 7 nitrogen and oxygen atoms in total. The third-order valence-electron chi connectivity index (χ3n) is 7.20. The fourth-order valence-corrected chi connectivity index (χ4v) is 7.14. The van der Waals surface area contributed by atoms with Gasteiger partial charge in [0.2, 0.25) is 9.84 Å². The van der Waals surface area contributed by atoms with Gasteiger partial charge in [-0.15, -0.1) is 0 Å². The van der Waals surface area contributed by atoms with E-state index in [0.29, 0.717) is 33.9 Å². The number of hydrogen-bond donors (Lipinski definition) is 0. The largest absolute Gasteiger partial charge is 0.493 e. The topological polar surface area (TPSA) is 77.3 Å². The highest BCUT2D eigenvalue weighted by molar-refractivity contribution is 7.95. The molecule has 8 heteroatoms. The normalized spacial score (nSPS) is 14.2. The smallest absolute Gasteiger partial charge is 0.208 e. The second-order valence-electron chi connectivity index (χ2n) is 10.3. The molecule has 1 aliphatic carbocycles. The van der Waals surface area contributed by atoms with Crippen molar-refractivity contribution in [2.45, 2.75) is 50.3 Å². The summed E-state index contributed by atoms with van der Waals surface area (Å²) in [7, 11) is 1.48. The van der Waals surface area contributed by atoms with Gasteiger partial charge in [-0.1, -0.05) is 32.1 Å². The van der Waals surface area contributed by atoms with Crippen LogP contribution in [0, 0.1) is 0 Å². The van der Waals surface area contributed by atoms with E-state index >= 15 is 0 Å². The molecule has 0 radical (unpaired) electrons. The molecule has 0 spiro atoms. The number of benzene rings is 1. The highest BCUT2D eigenvalue weighted by atomic mass is 32.2. The number of ketones is 1. The Morgan fingerprint density at radius 2 is 1.79 bits per heavy atom. The molecule has 0 aliphatic heterocycles. The standard InChI is InChI=1S/C31H38N2O5S/c1-22(2)26-21-33-17-7-6-10-27(33)31(26)39(35,36)30-14-12-25(34)20-24(30)9-8-16-32(3)18-15-23-11-13-28(37-4)29(19-23)38-5/h6-7,10-11,13-14,17,19-22H,8-9,12,15-16,18H2,1-5H3. The Morgan fingerprint density at radius 3 is 2.51 bits per heavy atom. The quantitative estimate of drug-likeness (QED) is 0.293. The van der Waals surface area contributed by atoms with Gasteiger partial charge < -0.3 is 18.8 Å². The molecule has 0 N–H and O–H groups in total. The van der Waals surface area contributed by atoms with Gasteiger partial charge in [-0.05, 0) is 85.8 Å². The lowest BCUT2D eigenvalue weighted by Crippen LogP contribution is -2.23. The van der Waals surface area contributed by atoms with E-state index in [0.717, 1.165) is 37.1 Å². The summed E-state index contributed by atoms with van der Waals surface area (Å²) in [4.78, 5) is 15.2. The first-order valence-corrected chi connectivity index (χ1v) is 14.8. The molecule has 0 unspecified atom stereocenters. The third-order valence-corrected chi connectivity index (χ3v) is 9.19. The van der Waals surface area contributed by atoms with Crippen LogP contribution in [0.2, 0.25) is 0 Å². The van der Waals surface area contributed by atoms with Crippen molar-refractivity contribution < 1.29 is 22.7 Å². The molecular formula is C31H38N2O5S. The molecule has 0 fully saturated rings. The van der Waals surface area contributed by atoms with E-state index in [4.69, 9.17) is 9.47 Å². The predicted octanol–water partition coefficient (Wildman–Crippen LogP) is 5.59. The number of fused-ring (bicyclic) bond motifs is 1. The van der Waals surface area contributed by atoms with E-state index < -0.39 is 9.84 Å². The second-order valence-corrected chi connectivity index (χ2v) is 12.2. The number of likely N-dealkylation sites (N-methyl/N-ethyl adjacent to an activating group) is 1. The summed E-state index contributed by atoms with van der Waals surface area (Å²) < 4.78 is 40.8. The van der Waals surface area contributed by atoms with E-state index in [1.54, 1.807) is 20.3 Å². The van der Waals surface area contributed by atoms with Crippen LogP contribution in [0.4, 0.5) is 0 Å². The molecular weight excluding hydrogens is 512 g/mol. The maximum absolute atomic E-state index is 14.1. The Bertz CT molecular complexity index is 1510. The number of ether oxygens (including phenoxy) is 2. The van der Waals surface area contributed by atoms with Crippen LogP contribution in [-0.2, 0) is 21.1 Å². The minimum absolute atomic E-state index is 0.0345. The van der Waals surface area contributed by atoms with Crippen LogP contribution >= 0.6 is 0 Å². The first-order valence-electron chi connectivity index (χ1n) is 13.3. The first kappa shape index (κ1) is 28.6. The zero-order chi connectivity index (χ0) is 28.2. The Hall–Kier alpha value is -3.36. The molecule has 1 aromatic carbocycles. The minimum atomic E-state index is -3.82. The average Bonchev–Trinajstić information content (AvgIpc) is 3.33. The number of nitrogens with zero attached hydrogens (tertiary/aromatic N) is 2. The second kappa shape index (κ2) is 12.2. The van der Waals surface area contributed by atoms with Crippen LogP contribution in [0.1, 0.15) is 50.2 Å². The molecule has 0 amide bonds. The minimum Gasteiger partial charge on any atom is -0.493 e. The summed E-state index contributed by atoms with van der Waals surface area (Å²) in [5.74, 6) is 1.39. The van der Waals surface area contributed by atoms with Crippen molar-refractivity contribution in [1.29, 1.82) is 0 Å². The van der Waals surface area contributed by atoms with Crippen molar-refractivity contribution in [3.8, 4) is 11.5 Å². The van der Waals surface area contributed by atoms with Crippen molar-refractivity contribution in [1.82, 2.24) is 9.30 Å². The number of carbonyl (C=O) groups is 1. The number of pyridine rings is 1. The summed E-state index contributed by atoms with van der Waals surface area (Å²) in [5, 5.41) is 0. The lowest BCUT2D eigenvalue weighted by atomic mass is 10.0. The lowest BCUT2D eigenvalue weighted by Gasteiger charge is -2.20. The van der Waals surface area contributed by atoms with Gasteiger partial charge in [0.05, 0.1) is 24.6 Å². The maximum atomic E-state index is 14.1. The fraction of sp³-hybridized carbons (Fsp3) is 0.387. The van der Waals surface area contributed by atoms with Crippen LogP contribution < -0.4 is 9.47 Å². The molecule has 3 aromatic rings. The van der Waals surface area contributed by atoms with E-state index in [2.05, 4.69) is 11.9 Å². The number of aromatic nitrogens is 1. The monoisotopic (exact) mass is 550 g/mol. The van der Waals surface area contributed by atoms with Crippen molar-refractivity contribution in [2.75, 3.05) is 34.4 Å². The molecule has 4 rings (SSSR count). The summed E-state index contributed by atoms with van der Waals surface area (Å²) in [6.07, 6.45) is 9.10. The van der Waals surface area contributed by atoms with Gasteiger partial charge in [-0.25, -0.2) is 8.42 Å². The molecule has 0 saturated heterocycles. The fourth-order valence-electron chi connectivity index (χ4n) is 5.07. The molecule has 0 bridgehead atoms. The third kappa shape index (κ3) is 6.28. The summed E-state index contributed by atoms with van der Waals surface area (Å²) in [6, 6.07) is 11.5. The average molecular weight is 551 g/mol. The number of rotatable bonds is 12. The summed E-state index contributed by atoms with van der Waals surface area (Å²) in [5.41, 5.74) is 3.20. The number of hydrogen-bond acceptors (Lipinski definition) is 6. The number of sulfone groups is 1. The number of carbonyl (C=O) groups excluding carboxylic acids is 1. The van der Waals surface area contributed by atoms with Gasteiger partial charge in [0.1, 0.15) is 4.90 Å². The van der Waals surface area contributed by atoms with Crippen LogP contribution in [-0.4, -0.2) is 57.9 Å². The van der Waals surface area contributed by atoms with E-state index in [1.807, 2.05) is 67.0 Å². The Balaban J connectivity index is 1.46. The zero-order valence-corrected chi connectivity index (χ0v) is 24.3. The zero-order valence-electron chi connectivity index (χ0n) is 23.4. The molecule has 1 aliphatic rings. The summed E-state index contributed by atoms with van der Waals surface area (Å²) >= 11 is 0. The van der Waals surface area contributed by atoms with E-state index in [9.17, 15) is 13.2 Å². The van der Waals surface area contributed by atoms with Crippen molar-refractivity contribution in [3.05, 3.63) is 82.5 Å². The maximum Gasteiger partial charge on any atom is 0.208 e. The number of allylic oxidation sites excluding steroid dienone is 3. The molecule has 2 aromatic heterocycles. The van der Waals surface area contributed by atoms with Gasteiger partial charge in [0.25, 0.3) is 0 Å². The van der Waals surface area contributed by atoms with Gasteiger partial charge in [-0.3, -0.25) is 4.79 Å². The molecule has 208 valence electrons. The number of methoxy groups -OCH3 is 2. The summed E-state index contributed by atoms with van der Waals surface area (Å²) in [6.45, 7) is 5.61. The van der Waals surface area contributed by atoms with Crippen LogP contribution in [0.5, 0.6) is 11.5 Å². The molecule has 39 heavy (non-hydrogen) atoms. The first-order chi connectivity index (χ1) is 18.6. The van der Waals surface area contributed by atoms with Crippen molar-refractivity contribution >= 4 is 21.1 Å². The van der Waals surface area contributed by atoms with Crippen LogP contribution in [0.25, 0.3) is 5.52 Å². The van der Waals surface area contributed by atoms with Gasteiger partial charge >= 0.3 is 0 Å². The van der Waals surface area contributed by atoms with Gasteiger partial charge in [0.15, 0.2) is 17.3 Å². The Labute approximate surface area is 231 Å². The van der Waals surface area contributed by atoms with Crippen LogP contribution in [0.15, 0.2) is 76.3 Å². The Morgan fingerprint density at radius 1 is 1.03 bits per heavy atom. The van der Waals surface area contributed by atoms with E-state index in [1.165, 1.54) is 6.08 Å². The van der Waals surface area contributed by atoms with Gasteiger partial charge in [0, 0.05) is 25.4 Å². The van der Waals surface area contributed by atoms with E-state index in [-0.39, 0.29) is 23.0 Å². The van der Waals surface area contributed by atoms with Gasteiger partial charge in [-0.2, -0.15) is 0 Å².